The highest BCUT2D eigenvalue weighted by atomic mass is 35.5. The molecular weight excluding hydrogens is 314 g/mol. The highest BCUT2D eigenvalue weighted by molar-refractivity contribution is 5.85. The van der Waals surface area contributed by atoms with E-state index < -0.39 is 0 Å². The number of aryl methyl sites for hydroxylation is 1. The molecule has 1 atom stereocenters. The van der Waals surface area contributed by atoms with Crippen LogP contribution in [0.25, 0.3) is 0 Å². The summed E-state index contributed by atoms with van der Waals surface area (Å²) in [6, 6.07) is 7.93. The Kier molecular flexibility index (Phi) is 8.06. The maximum absolute atomic E-state index is 12.5. The van der Waals surface area contributed by atoms with Gasteiger partial charge in [-0.3, -0.25) is 9.59 Å². The van der Waals surface area contributed by atoms with Gasteiger partial charge in [-0.2, -0.15) is 0 Å². The van der Waals surface area contributed by atoms with Gasteiger partial charge in [-0.15, -0.1) is 12.4 Å². The molecule has 1 aromatic carbocycles. The molecule has 0 aliphatic carbocycles. The molecule has 0 bridgehead atoms. The Morgan fingerprint density at radius 2 is 2.09 bits per heavy atom. The Labute approximate surface area is 144 Å². The van der Waals surface area contributed by atoms with Crippen LogP contribution in [0.5, 0.6) is 0 Å². The maximum atomic E-state index is 12.5. The van der Waals surface area contributed by atoms with Gasteiger partial charge in [0.25, 0.3) is 0 Å². The van der Waals surface area contributed by atoms with Gasteiger partial charge in [-0.25, -0.2) is 0 Å². The van der Waals surface area contributed by atoms with E-state index in [1.807, 2.05) is 36.1 Å². The fraction of sp³-hybridized carbons (Fsp3) is 0.529. The number of halogens is 1. The predicted molar refractivity (Wildman–Crippen MR) is 93.5 cm³/mol. The third-order valence-corrected chi connectivity index (χ3v) is 4.19. The van der Waals surface area contributed by atoms with Crippen molar-refractivity contribution >= 4 is 24.2 Å². The van der Waals surface area contributed by atoms with Crippen molar-refractivity contribution in [2.75, 3.05) is 26.2 Å². The lowest BCUT2D eigenvalue weighted by Gasteiger charge is -2.32. The SMILES string of the molecule is Cc1ccccc1CC(=O)N1CCCC(C(=O)NCCN)C1.Cl. The van der Waals surface area contributed by atoms with Gasteiger partial charge >= 0.3 is 0 Å². The molecule has 23 heavy (non-hydrogen) atoms. The first-order valence-corrected chi connectivity index (χ1v) is 7.92. The molecule has 2 rings (SSSR count). The molecule has 1 aromatic rings. The van der Waals surface area contributed by atoms with E-state index in [9.17, 15) is 9.59 Å². The van der Waals surface area contributed by atoms with Gasteiger partial charge < -0.3 is 16.0 Å². The van der Waals surface area contributed by atoms with Crippen LogP contribution >= 0.6 is 12.4 Å². The van der Waals surface area contributed by atoms with Crippen molar-refractivity contribution in [3.8, 4) is 0 Å². The second-order valence-electron chi connectivity index (χ2n) is 5.86. The second kappa shape index (κ2) is 9.53. The van der Waals surface area contributed by atoms with Crippen molar-refractivity contribution in [3.63, 3.8) is 0 Å². The number of rotatable bonds is 5. The lowest BCUT2D eigenvalue weighted by atomic mass is 9.96. The van der Waals surface area contributed by atoms with E-state index in [0.29, 0.717) is 26.1 Å². The fourth-order valence-electron chi connectivity index (χ4n) is 2.84. The average molecular weight is 340 g/mol. The van der Waals surface area contributed by atoms with Gasteiger partial charge in [0.2, 0.25) is 11.8 Å². The maximum Gasteiger partial charge on any atom is 0.227 e. The predicted octanol–water partition coefficient (Wildman–Crippen LogP) is 1.27. The van der Waals surface area contributed by atoms with E-state index in [0.717, 1.165) is 30.5 Å². The summed E-state index contributed by atoms with van der Waals surface area (Å²) in [5.41, 5.74) is 7.59. The number of benzene rings is 1. The van der Waals surface area contributed by atoms with Crippen LogP contribution in [0, 0.1) is 12.8 Å². The summed E-state index contributed by atoms with van der Waals surface area (Å²) in [5.74, 6) is 0.00517. The molecule has 1 aliphatic heterocycles. The molecule has 1 fully saturated rings. The summed E-state index contributed by atoms with van der Waals surface area (Å²) in [4.78, 5) is 26.3. The number of amides is 2. The number of hydrogen-bond donors (Lipinski definition) is 2. The smallest absolute Gasteiger partial charge is 0.227 e. The topological polar surface area (TPSA) is 75.4 Å². The molecule has 0 saturated carbocycles. The fourth-order valence-corrected chi connectivity index (χ4v) is 2.84. The van der Waals surface area contributed by atoms with Crippen LogP contribution in [-0.4, -0.2) is 42.9 Å². The monoisotopic (exact) mass is 339 g/mol. The van der Waals surface area contributed by atoms with Gasteiger partial charge in [0.15, 0.2) is 0 Å². The Bertz CT molecular complexity index is 536. The van der Waals surface area contributed by atoms with Crippen molar-refractivity contribution in [1.82, 2.24) is 10.2 Å². The Morgan fingerprint density at radius 1 is 1.35 bits per heavy atom. The number of piperidine rings is 1. The minimum atomic E-state index is -0.110. The quantitative estimate of drug-likeness (QED) is 0.848. The zero-order chi connectivity index (χ0) is 15.9. The molecule has 5 nitrogen and oxygen atoms in total. The van der Waals surface area contributed by atoms with E-state index in [1.165, 1.54) is 0 Å². The summed E-state index contributed by atoms with van der Waals surface area (Å²) >= 11 is 0. The van der Waals surface area contributed by atoms with Gasteiger partial charge in [0, 0.05) is 26.2 Å². The Morgan fingerprint density at radius 3 is 2.78 bits per heavy atom. The van der Waals surface area contributed by atoms with Crippen molar-refractivity contribution in [1.29, 1.82) is 0 Å². The first-order chi connectivity index (χ1) is 10.6. The average Bonchev–Trinajstić information content (AvgIpc) is 2.54. The number of nitrogens with zero attached hydrogens (tertiary/aromatic N) is 1. The van der Waals surface area contributed by atoms with Crippen LogP contribution in [0.3, 0.4) is 0 Å². The number of carbonyl (C=O) groups excluding carboxylic acids is 2. The van der Waals surface area contributed by atoms with Crippen molar-refractivity contribution < 1.29 is 9.59 Å². The van der Waals surface area contributed by atoms with Gasteiger partial charge in [0.05, 0.1) is 12.3 Å². The number of hydrogen-bond acceptors (Lipinski definition) is 3. The molecule has 1 heterocycles. The molecular formula is C17H26ClN3O2. The number of likely N-dealkylation sites (tertiary alicyclic amines) is 1. The van der Waals surface area contributed by atoms with Gasteiger partial charge in [-0.05, 0) is 30.9 Å². The van der Waals surface area contributed by atoms with Crippen LogP contribution in [0.2, 0.25) is 0 Å². The summed E-state index contributed by atoms with van der Waals surface area (Å²) in [5, 5.41) is 2.82. The summed E-state index contributed by atoms with van der Waals surface area (Å²) in [7, 11) is 0. The number of nitrogens with two attached hydrogens (primary N) is 1. The molecule has 1 saturated heterocycles. The highest BCUT2D eigenvalue weighted by Gasteiger charge is 2.28. The number of carbonyl (C=O) groups is 2. The van der Waals surface area contributed by atoms with Crippen LogP contribution in [0.1, 0.15) is 24.0 Å². The lowest BCUT2D eigenvalue weighted by Crippen LogP contribution is -2.46. The summed E-state index contributed by atoms with van der Waals surface area (Å²) in [6.45, 7) is 4.20. The molecule has 128 valence electrons. The van der Waals surface area contributed by atoms with E-state index in [4.69, 9.17) is 5.73 Å². The zero-order valence-electron chi connectivity index (χ0n) is 13.6. The highest BCUT2D eigenvalue weighted by Crippen LogP contribution is 2.18. The van der Waals surface area contributed by atoms with E-state index in [2.05, 4.69) is 5.32 Å². The van der Waals surface area contributed by atoms with Crippen LogP contribution in [0.15, 0.2) is 24.3 Å². The van der Waals surface area contributed by atoms with E-state index >= 15 is 0 Å². The van der Waals surface area contributed by atoms with Crippen LogP contribution < -0.4 is 11.1 Å². The molecule has 0 radical (unpaired) electrons. The van der Waals surface area contributed by atoms with Gasteiger partial charge in [0.1, 0.15) is 0 Å². The molecule has 2 amide bonds. The molecule has 3 N–H and O–H groups in total. The van der Waals surface area contributed by atoms with Crippen LogP contribution in [0.4, 0.5) is 0 Å². The van der Waals surface area contributed by atoms with Crippen molar-refractivity contribution in [2.24, 2.45) is 11.7 Å². The van der Waals surface area contributed by atoms with Crippen molar-refractivity contribution in [2.45, 2.75) is 26.2 Å². The minimum absolute atomic E-state index is 0. The Hall–Kier alpha value is -1.59. The summed E-state index contributed by atoms with van der Waals surface area (Å²) < 4.78 is 0. The lowest BCUT2D eigenvalue weighted by molar-refractivity contribution is -0.135. The van der Waals surface area contributed by atoms with Crippen LogP contribution in [-0.2, 0) is 16.0 Å². The third kappa shape index (κ3) is 5.52. The first-order valence-electron chi connectivity index (χ1n) is 7.92. The third-order valence-electron chi connectivity index (χ3n) is 4.19. The molecule has 0 aromatic heterocycles. The van der Waals surface area contributed by atoms with E-state index in [1.54, 1.807) is 0 Å². The number of nitrogens with one attached hydrogen (secondary N) is 1. The summed E-state index contributed by atoms with van der Waals surface area (Å²) in [6.07, 6.45) is 2.12. The Balaban J connectivity index is 0.00000264. The van der Waals surface area contributed by atoms with Crippen molar-refractivity contribution in [3.05, 3.63) is 35.4 Å². The molecule has 0 spiro atoms. The largest absolute Gasteiger partial charge is 0.355 e. The van der Waals surface area contributed by atoms with Gasteiger partial charge in [-0.1, -0.05) is 24.3 Å². The minimum Gasteiger partial charge on any atom is -0.355 e. The standard InChI is InChI=1S/C17H25N3O2.ClH/c1-13-5-2-3-6-14(13)11-16(21)20-10-4-7-15(12-20)17(22)19-9-8-18;/h2-3,5-6,15H,4,7-12,18H2,1H3,(H,19,22);1H. The molecule has 1 unspecified atom stereocenters. The normalized spacial score (nSPS) is 17.3. The first kappa shape index (κ1) is 19.5. The zero-order valence-corrected chi connectivity index (χ0v) is 14.4. The second-order valence-corrected chi connectivity index (χ2v) is 5.86. The van der Waals surface area contributed by atoms with E-state index in [-0.39, 0.29) is 30.1 Å². The molecule has 1 aliphatic rings. The molecule has 6 heteroatoms.